The van der Waals surface area contributed by atoms with Crippen molar-refractivity contribution in [2.45, 2.75) is 26.8 Å². The minimum Gasteiger partial charge on any atom is -0.326 e. The van der Waals surface area contributed by atoms with Crippen molar-refractivity contribution >= 4 is 46.2 Å². The molecule has 33 heavy (non-hydrogen) atoms. The van der Waals surface area contributed by atoms with Crippen LogP contribution in [0.2, 0.25) is 0 Å². The molecule has 2 aromatic heterocycles. The molecule has 168 valence electrons. The fourth-order valence-electron chi connectivity index (χ4n) is 3.32. The Morgan fingerprint density at radius 1 is 1.12 bits per heavy atom. The topological polar surface area (TPSA) is 105 Å². The number of nitrogens with one attached hydrogen (secondary N) is 3. The van der Waals surface area contributed by atoms with E-state index in [4.69, 9.17) is 12.2 Å². The molecule has 4 rings (SSSR count). The van der Waals surface area contributed by atoms with Gasteiger partial charge in [-0.25, -0.2) is 4.98 Å². The van der Waals surface area contributed by atoms with Crippen LogP contribution in [-0.4, -0.2) is 31.6 Å². The Labute approximate surface area is 199 Å². The number of nitrogens with zero attached hydrogens (tertiary/aromatic N) is 3. The number of hydrogen-bond acceptors (Lipinski definition) is 6. The molecule has 0 saturated carbocycles. The molecular formula is C23H22N6O2S2. The van der Waals surface area contributed by atoms with Crippen LogP contribution in [0.3, 0.4) is 0 Å². The lowest BCUT2D eigenvalue weighted by Crippen LogP contribution is -2.15. The summed E-state index contributed by atoms with van der Waals surface area (Å²) in [4.78, 5) is 28.2. The van der Waals surface area contributed by atoms with Crippen molar-refractivity contribution in [1.29, 1.82) is 0 Å². The Bertz CT molecular complexity index is 1350. The molecule has 8 nitrogen and oxygen atoms in total. The molecule has 0 saturated heterocycles. The fourth-order valence-corrected chi connectivity index (χ4v) is 4.28. The van der Waals surface area contributed by atoms with Crippen LogP contribution >= 0.6 is 23.6 Å². The molecule has 0 aliphatic heterocycles. The van der Waals surface area contributed by atoms with Crippen molar-refractivity contribution in [1.82, 2.24) is 19.7 Å². The molecule has 2 amide bonds. The first-order valence-electron chi connectivity index (χ1n) is 10.2. The Morgan fingerprint density at radius 2 is 1.91 bits per heavy atom. The summed E-state index contributed by atoms with van der Waals surface area (Å²) in [5.74, 6) is 0.426. The minimum atomic E-state index is -0.157. The first kappa shape index (κ1) is 22.6. The lowest BCUT2D eigenvalue weighted by atomic mass is 10.1. The molecule has 3 N–H and O–H groups in total. The number of aryl methyl sites for hydroxylation is 1. The van der Waals surface area contributed by atoms with E-state index in [1.165, 1.54) is 18.3 Å². The lowest BCUT2D eigenvalue weighted by Gasteiger charge is -2.07. The van der Waals surface area contributed by atoms with Gasteiger partial charge < -0.3 is 10.6 Å². The van der Waals surface area contributed by atoms with Crippen molar-refractivity contribution < 1.29 is 9.59 Å². The maximum atomic E-state index is 12.6. The molecule has 0 aliphatic carbocycles. The Kier molecular flexibility index (Phi) is 6.76. The number of aromatic amines is 1. The third-order valence-corrected chi connectivity index (χ3v) is 5.92. The highest BCUT2D eigenvalue weighted by atomic mass is 32.1. The third kappa shape index (κ3) is 5.60. The number of aromatic nitrogens is 4. The SMILES string of the molecule is CC(=O)Nc1ccc(-c2csc(NC(=O)CCn3c(-c4cccc(C)c4)n[nH]c3=S)n2)cc1. The largest absolute Gasteiger partial charge is 0.326 e. The van der Waals surface area contributed by atoms with Crippen LogP contribution in [0.1, 0.15) is 18.9 Å². The molecular weight excluding hydrogens is 456 g/mol. The number of benzene rings is 2. The van der Waals surface area contributed by atoms with E-state index in [-0.39, 0.29) is 18.2 Å². The van der Waals surface area contributed by atoms with Gasteiger partial charge in [-0.2, -0.15) is 5.10 Å². The van der Waals surface area contributed by atoms with E-state index in [1.54, 1.807) is 0 Å². The molecule has 0 aliphatic rings. The van der Waals surface area contributed by atoms with Crippen LogP contribution in [0.5, 0.6) is 0 Å². The van der Waals surface area contributed by atoms with Crippen LogP contribution in [-0.2, 0) is 16.1 Å². The summed E-state index contributed by atoms with van der Waals surface area (Å²) < 4.78 is 2.30. The van der Waals surface area contributed by atoms with Gasteiger partial charge in [0.2, 0.25) is 11.8 Å². The van der Waals surface area contributed by atoms with Gasteiger partial charge in [0, 0.05) is 42.1 Å². The number of hydrogen-bond donors (Lipinski definition) is 3. The summed E-state index contributed by atoms with van der Waals surface area (Å²) in [6.07, 6.45) is 0.229. The van der Waals surface area contributed by atoms with E-state index in [9.17, 15) is 9.59 Å². The van der Waals surface area contributed by atoms with Gasteiger partial charge in [0.05, 0.1) is 5.69 Å². The van der Waals surface area contributed by atoms with E-state index < -0.39 is 0 Å². The number of carbonyl (C=O) groups is 2. The number of H-pyrrole nitrogens is 1. The zero-order chi connectivity index (χ0) is 23.4. The summed E-state index contributed by atoms with van der Waals surface area (Å²) in [7, 11) is 0. The molecule has 0 spiro atoms. The van der Waals surface area contributed by atoms with E-state index >= 15 is 0 Å². The van der Waals surface area contributed by atoms with Crippen LogP contribution in [0, 0.1) is 11.7 Å². The first-order valence-corrected chi connectivity index (χ1v) is 11.5. The quantitative estimate of drug-likeness (QED) is 0.323. The maximum absolute atomic E-state index is 12.6. The number of amides is 2. The van der Waals surface area contributed by atoms with Gasteiger partial charge in [-0.15, -0.1) is 11.3 Å². The van der Waals surface area contributed by atoms with Crippen molar-refractivity contribution in [3.63, 3.8) is 0 Å². The standard InChI is InChI=1S/C23H22N6O2S2/c1-14-4-3-5-17(12-14)21-27-28-23(32)29(21)11-10-20(31)26-22-25-19(13-33-22)16-6-8-18(9-7-16)24-15(2)30/h3-9,12-13H,10-11H2,1-2H3,(H,24,30)(H,28,32)(H,25,26,31). The first-order chi connectivity index (χ1) is 15.9. The van der Waals surface area contributed by atoms with Crippen molar-refractivity contribution in [2.24, 2.45) is 0 Å². The predicted octanol–water partition coefficient (Wildman–Crippen LogP) is 5.03. The zero-order valence-electron chi connectivity index (χ0n) is 18.1. The second kappa shape index (κ2) is 9.88. The lowest BCUT2D eigenvalue weighted by molar-refractivity contribution is -0.116. The molecule has 4 aromatic rings. The van der Waals surface area contributed by atoms with Crippen molar-refractivity contribution in [3.8, 4) is 22.6 Å². The van der Waals surface area contributed by atoms with E-state index in [1.807, 2.05) is 65.4 Å². The van der Waals surface area contributed by atoms with Gasteiger partial charge in [0.1, 0.15) is 0 Å². The monoisotopic (exact) mass is 478 g/mol. The second-order valence-electron chi connectivity index (χ2n) is 7.47. The smallest absolute Gasteiger partial charge is 0.227 e. The Hall–Kier alpha value is -3.63. The van der Waals surface area contributed by atoms with E-state index in [2.05, 4.69) is 25.8 Å². The fraction of sp³-hybridized carbons (Fsp3) is 0.174. The highest BCUT2D eigenvalue weighted by Gasteiger charge is 2.13. The molecule has 0 fully saturated rings. The predicted molar refractivity (Wildman–Crippen MR) is 133 cm³/mol. The van der Waals surface area contributed by atoms with Gasteiger partial charge in [-0.3, -0.25) is 19.3 Å². The number of anilines is 2. The van der Waals surface area contributed by atoms with Gasteiger partial charge in [-0.05, 0) is 37.3 Å². The average molecular weight is 479 g/mol. The van der Waals surface area contributed by atoms with Gasteiger partial charge in [0.15, 0.2) is 15.7 Å². The molecule has 10 heteroatoms. The molecule has 2 aromatic carbocycles. The van der Waals surface area contributed by atoms with Crippen molar-refractivity contribution in [3.05, 3.63) is 64.2 Å². The number of carbonyl (C=O) groups excluding carboxylic acids is 2. The Balaban J connectivity index is 1.39. The average Bonchev–Trinajstić information content (AvgIpc) is 3.39. The summed E-state index contributed by atoms with van der Waals surface area (Å²) in [5, 5.41) is 15.1. The van der Waals surface area contributed by atoms with Crippen molar-refractivity contribution in [2.75, 3.05) is 10.6 Å². The summed E-state index contributed by atoms with van der Waals surface area (Å²) in [5.41, 5.74) is 4.43. The highest BCUT2D eigenvalue weighted by Crippen LogP contribution is 2.26. The molecule has 0 unspecified atom stereocenters. The summed E-state index contributed by atoms with van der Waals surface area (Å²) in [6.45, 7) is 3.88. The maximum Gasteiger partial charge on any atom is 0.227 e. The number of rotatable bonds is 7. The zero-order valence-corrected chi connectivity index (χ0v) is 19.7. The van der Waals surface area contributed by atoms with Gasteiger partial charge >= 0.3 is 0 Å². The van der Waals surface area contributed by atoms with Crippen LogP contribution in [0.15, 0.2) is 53.9 Å². The second-order valence-corrected chi connectivity index (χ2v) is 8.71. The van der Waals surface area contributed by atoms with Crippen LogP contribution in [0.4, 0.5) is 10.8 Å². The van der Waals surface area contributed by atoms with Gasteiger partial charge in [-0.1, -0.05) is 35.9 Å². The third-order valence-electron chi connectivity index (χ3n) is 4.85. The summed E-state index contributed by atoms with van der Waals surface area (Å²) >= 11 is 6.71. The van der Waals surface area contributed by atoms with Crippen LogP contribution < -0.4 is 10.6 Å². The minimum absolute atomic E-state index is 0.121. The van der Waals surface area contributed by atoms with Crippen LogP contribution in [0.25, 0.3) is 22.6 Å². The number of thiazole rings is 1. The summed E-state index contributed by atoms with van der Waals surface area (Å²) in [6, 6.07) is 15.4. The molecule has 0 radical (unpaired) electrons. The van der Waals surface area contributed by atoms with Gasteiger partial charge in [0.25, 0.3) is 0 Å². The van der Waals surface area contributed by atoms with E-state index in [0.29, 0.717) is 22.3 Å². The highest BCUT2D eigenvalue weighted by molar-refractivity contribution is 7.71. The molecule has 2 heterocycles. The normalized spacial score (nSPS) is 10.7. The molecule has 0 atom stereocenters. The Morgan fingerprint density at radius 3 is 2.64 bits per heavy atom. The van der Waals surface area contributed by atoms with E-state index in [0.717, 1.165) is 28.1 Å². The molecule has 0 bridgehead atoms.